The van der Waals surface area contributed by atoms with Crippen LogP contribution in [0.25, 0.3) is 0 Å². The zero-order chi connectivity index (χ0) is 9.52. The van der Waals surface area contributed by atoms with Crippen LogP contribution in [0.5, 0.6) is 0 Å². The first-order chi connectivity index (χ1) is 6.34. The Morgan fingerprint density at radius 1 is 1.08 bits per heavy atom. The van der Waals surface area contributed by atoms with E-state index in [-0.39, 0.29) is 0 Å². The number of unbranched alkanes of at least 4 members (excludes halogenated alkanes) is 2. The van der Waals surface area contributed by atoms with Crippen molar-refractivity contribution in [2.24, 2.45) is 0 Å². The normalized spacial score (nSPS) is 10.3. The van der Waals surface area contributed by atoms with Gasteiger partial charge in [0.2, 0.25) is 0 Å². The Labute approximate surface area is 93.3 Å². The zero-order valence-corrected chi connectivity index (χ0v) is 9.83. The van der Waals surface area contributed by atoms with Crippen LogP contribution in [-0.4, -0.2) is 11.7 Å². The Balaban J connectivity index is 2.32. The van der Waals surface area contributed by atoms with E-state index in [2.05, 4.69) is 46.9 Å². The topological polar surface area (TPSA) is 20.2 Å². The smallest absolute Gasteiger partial charge is 0.0431 e. The van der Waals surface area contributed by atoms with Gasteiger partial charge in [-0.15, -0.1) is 0 Å². The number of hydrogen-bond donors (Lipinski definition) is 1. The van der Waals surface area contributed by atoms with E-state index < -0.39 is 0 Å². The van der Waals surface area contributed by atoms with Gasteiger partial charge in [0, 0.05) is 10.2 Å². The molecule has 1 aromatic carbocycles. The van der Waals surface area contributed by atoms with Crippen LogP contribution in [0, 0.1) is 3.57 Å². The van der Waals surface area contributed by atoms with Crippen molar-refractivity contribution in [3.8, 4) is 0 Å². The lowest BCUT2D eigenvalue weighted by atomic mass is 10.1. The van der Waals surface area contributed by atoms with Crippen molar-refractivity contribution in [1.29, 1.82) is 0 Å². The lowest BCUT2D eigenvalue weighted by Gasteiger charge is -2.02. The van der Waals surface area contributed by atoms with Crippen LogP contribution in [0.4, 0.5) is 0 Å². The molecule has 1 N–H and O–H groups in total. The molecule has 0 atom stereocenters. The lowest BCUT2D eigenvalue weighted by molar-refractivity contribution is 0.283. The lowest BCUT2D eigenvalue weighted by Crippen LogP contribution is -1.90. The Morgan fingerprint density at radius 3 is 2.54 bits per heavy atom. The van der Waals surface area contributed by atoms with Crippen LogP contribution in [-0.2, 0) is 6.42 Å². The largest absolute Gasteiger partial charge is 0.396 e. The Kier molecular flexibility index (Phi) is 5.39. The second kappa shape index (κ2) is 6.38. The van der Waals surface area contributed by atoms with Crippen LogP contribution in [0.2, 0.25) is 0 Å². The van der Waals surface area contributed by atoms with Gasteiger partial charge in [-0.3, -0.25) is 0 Å². The van der Waals surface area contributed by atoms with Gasteiger partial charge in [-0.2, -0.15) is 0 Å². The van der Waals surface area contributed by atoms with Crippen molar-refractivity contribution in [3.05, 3.63) is 33.4 Å². The minimum Gasteiger partial charge on any atom is -0.396 e. The molecule has 0 unspecified atom stereocenters. The van der Waals surface area contributed by atoms with Gasteiger partial charge in [0.1, 0.15) is 0 Å². The molecule has 1 rings (SSSR count). The molecule has 13 heavy (non-hydrogen) atoms. The summed E-state index contributed by atoms with van der Waals surface area (Å²) >= 11 is 2.37. The Bertz CT molecular complexity index is 248. The molecular formula is C11H15IO. The molecule has 0 aliphatic carbocycles. The predicted octanol–water partition coefficient (Wildman–Crippen LogP) is 3.00. The average Bonchev–Trinajstić information content (AvgIpc) is 2.15. The number of benzene rings is 1. The predicted molar refractivity (Wildman–Crippen MR) is 63.8 cm³/mol. The molecule has 72 valence electrons. The Morgan fingerprint density at radius 2 is 1.85 bits per heavy atom. The Hall–Kier alpha value is -0.0900. The third-order valence-electron chi connectivity index (χ3n) is 2.06. The van der Waals surface area contributed by atoms with E-state index in [1.165, 1.54) is 15.6 Å². The van der Waals surface area contributed by atoms with Crippen molar-refractivity contribution in [1.82, 2.24) is 0 Å². The molecule has 0 saturated heterocycles. The molecule has 0 spiro atoms. The van der Waals surface area contributed by atoms with Crippen molar-refractivity contribution in [3.63, 3.8) is 0 Å². The highest BCUT2D eigenvalue weighted by atomic mass is 127. The first-order valence-corrected chi connectivity index (χ1v) is 5.76. The molecule has 0 fully saturated rings. The summed E-state index contributed by atoms with van der Waals surface area (Å²) in [6.07, 6.45) is 4.38. The summed E-state index contributed by atoms with van der Waals surface area (Å²) in [5, 5.41) is 8.62. The van der Waals surface area contributed by atoms with E-state index in [9.17, 15) is 0 Å². The molecular weight excluding hydrogens is 275 g/mol. The van der Waals surface area contributed by atoms with Crippen molar-refractivity contribution in [2.45, 2.75) is 25.7 Å². The molecule has 0 radical (unpaired) electrons. The summed E-state index contributed by atoms with van der Waals surface area (Å²) < 4.78 is 1.35. The fraction of sp³-hybridized carbons (Fsp3) is 0.455. The number of halogens is 1. The molecule has 0 heterocycles. The third kappa shape index (κ3) is 4.09. The van der Waals surface area contributed by atoms with Gasteiger partial charge in [-0.05, 0) is 53.5 Å². The summed E-state index contributed by atoms with van der Waals surface area (Å²) in [6.45, 7) is 0.325. The summed E-state index contributed by atoms with van der Waals surface area (Å²) in [4.78, 5) is 0. The molecule has 0 amide bonds. The highest BCUT2D eigenvalue weighted by molar-refractivity contribution is 14.1. The zero-order valence-electron chi connectivity index (χ0n) is 7.67. The highest BCUT2D eigenvalue weighted by Crippen LogP contribution is 2.14. The monoisotopic (exact) mass is 290 g/mol. The number of aliphatic hydroxyl groups excluding tert-OH is 1. The first-order valence-electron chi connectivity index (χ1n) is 4.69. The maximum Gasteiger partial charge on any atom is 0.0431 e. The quantitative estimate of drug-likeness (QED) is 0.653. The van der Waals surface area contributed by atoms with Crippen LogP contribution < -0.4 is 0 Å². The van der Waals surface area contributed by atoms with E-state index in [0.717, 1.165) is 19.3 Å². The van der Waals surface area contributed by atoms with E-state index in [0.29, 0.717) is 6.61 Å². The van der Waals surface area contributed by atoms with Crippen LogP contribution in [0.15, 0.2) is 24.3 Å². The first kappa shape index (κ1) is 11.0. The summed E-state index contributed by atoms with van der Waals surface area (Å²) in [5.41, 5.74) is 1.43. The van der Waals surface area contributed by atoms with Crippen molar-refractivity contribution >= 4 is 22.6 Å². The van der Waals surface area contributed by atoms with E-state index in [4.69, 9.17) is 5.11 Å². The van der Waals surface area contributed by atoms with Crippen LogP contribution >= 0.6 is 22.6 Å². The number of rotatable bonds is 5. The molecule has 1 nitrogen and oxygen atoms in total. The van der Waals surface area contributed by atoms with Crippen molar-refractivity contribution < 1.29 is 5.11 Å². The minimum absolute atomic E-state index is 0.325. The number of aliphatic hydroxyl groups is 1. The SMILES string of the molecule is OCCCCCc1ccccc1I. The van der Waals surface area contributed by atoms with E-state index in [1.807, 2.05) is 0 Å². The summed E-state index contributed by atoms with van der Waals surface area (Å²) in [7, 11) is 0. The molecule has 1 aromatic rings. The van der Waals surface area contributed by atoms with Crippen molar-refractivity contribution in [2.75, 3.05) is 6.61 Å². The fourth-order valence-corrected chi connectivity index (χ4v) is 1.96. The standard InChI is InChI=1S/C11H15IO/c12-11-8-4-3-7-10(11)6-2-1-5-9-13/h3-4,7-8,13H,1-2,5-6,9H2. The molecule has 0 aliphatic heterocycles. The maximum absolute atomic E-state index is 8.62. The van der Waals surface area contributed by atoms with Gasteiger partial charge >= 0.3 is 0 Å². The molecule has 0 saturated carbocycles. The minimum atomic E-state index is 0.325. The van der Waals surface area contributed by atoms with Gasteiger partial charge in [-0.25, -0.2) is 0 Å². The van der Waals surface area contributed by atoms with E-state index >= 15 is 0 Å². The summed E-state index contributed by atoms with van der Waals surface area (Å²) in [5.74, 6) is 0. The van der Waals surface area contributed by atoms with Gasteiger partial charge in [-0.1, -0.05) is 24.6 Å². The summed E-state index contributed by atoms with van der Waals surface area (Å²) in [6, 6.07) is 8.48. The van der Waals surface area contributed by atoms with Gasteiger partial charge < -0.3 is 5.11 Å². The third-order valence-corrected chi connectivity index (χ3v) is 3.11. The van der Waals surface area contributed by atoms with Gasteiger partial charge in [0.25, 0.3) is 0 Å². The van der Waals surface area contributed by atoms with Gasteiger partial charge in [0.15, 0.2) is 0 Å². The fourth-order valence-electron chi connectivity index (χ4n) is 1.31. The second-order valence-electron chi connectivity index (χ2n) is 3.13. The van der Waals surface area contributed by atoms with Crippen LogP contribution in [0.1, 0.15) is 24.8 Å². The molecule has 0 aliphatic rings. The number of aryl methyl sites for hydroxylation is 1. The second-order valence-corrected chi connectivity index (χ2v) is 4.29. The van der Waals surface area contributed by atoms with Crippen LogP contribution in [0.3, 0.4) is 0 Å². The molecule has 2 heteroatoms. The number of hydrogen-bond acceptors (Lipinski definition) is 1. The van der Waals surface area contributed by atoms with E-state index in [1.54, 1.807) is 0 Å². The molecule has 0 aromatic heterocycles. The average molecular weight is 290 g/mol. The highest BCUT2D eigenvalue weighted by Gasteiger charge is 1.97. The maximum atomic E-state index is 8.62. The molecule has 0 bridgehead atoms. The van der Waals surface area contributed by atoms with Gasteiger partial charge in [0.05, 0.1) is 0 Å².